The second-order valence-corrected chi connectivity index (χ2v) is 7.54. The maximum atomic E-state index is 12.9. The van der Waals surface area contributed by atoms with Crippen molar-refractivity contribution in [3.05, 3.63) is 36.5 Å². The molecule has 130 valence electrons. The van der Waals surface area contributed by atoms with Crippen LogP contribution in [0.5, 0.6) is 5.88 Å². The summed E-state index contributed by atoms with van der Waals surface area (Å²) in [5, 5.41) is 0. The zero-order chi connectivity index (χ0) is 17.2. The standard InChI is InChI=1S/C15H21N5O3S/c1-3-23-14-5-4-12(10-18-14)24(21,22)20-9-8-19(2)13(11-20)15-16-6-7-17-15/h4-7,10,13H,3,8-9,11H2,1-2H3,(H,16,17)/t13-/m0/s1. The smallest absolute Gasteiger partial charge is 0.244 e. The van der Waals surface area contributed by atoms with Gasteiger partial charge in [-0.15, -0.1) is 0 Å². The minimum Gasteiger partial charge on any atom is -0.478 e. The maximum Gasteiger partial charge on any atom is 0.244 e. The number of piperazine rings is 1. The molecule has 0 amide bonds. The fourth-order valence-electron chi connectivity index (χ4n) is 2.72. The van der Waals surface area contributed by atoms with E-state index in [4.69, 9.17) is 4.74 Å². The van der Waals surface area contributed by atoms with E-state index in [9.17, 15) is 8.42 Å². The van der Waals surface area contributed by atoms with Crippen LogP contribution in [0.4, 0.5) is 0 Å². The largest absolute Gasteiger partial charge is 0.478 e. The zero-order valence-corrected chi connectivity index (χ0v) is 14.5. The molecule has 3 rings (SSSR count). The summed E-state index contributed by atoms with van der Waals surface area (Å²) in [4.78, 5) is 13.7. The van der Waals surface area contributed by atoms with Crippen LogP contribution in [-0.4, -0.2) is 65.9 Å². The lowest BCUT2D eigenvalue weighted by Crippen LogP contribution is -2.49. The van der Waals surface area contributed by atoms with Gasteiger partial charge in [0.1, 0.15) is 10.7 Å². The number of H-pyrrole nitrogens is 1. The molecule has 2 aromatic rings. The first-order valence-corrected chi connectivity index (χ1v) is 9.25. The molecule has 1 N–H and O–H groups in total. The molecule has 24 heavy (non-hydrogen) atoms. The molecule has 0 aliphatic carbocycles. The van der Waals surface area contributed by atoms with Crippen LogP contribution in [0.25, 0.3) is 0 Å². The SMILES string of the molecule is CCOc1ccc(S(=O)(=O)N2CCN(C)[C@H](c3ncc[nH]3)C2)cn1. The van der Waals surface area contributed by atoms with Gasteiger partial charge in [-0.2, -0.15) is 4.31 Å². The highest BCUT2D eigenvalue weighted by molar-refractivity contribution is 7.89. The van der Waals surface area contributed by atoms with E-state index in [1.54, 1.807) is 18.5 Å². The van der Waals surface area contributed by atoms with Crippen molar-refractivity contribution in [3.8, 4) is 5.88 Å². The van der Waals surface area contributed by atoms with Gasteiger partial charge in [0.2, 0.25) is 15.9 Å². The highest BCUT2D eigenvalue weighted by Gasteiger charge is 2.34. The Bertz CT molecular complexity index is 761. The molecular weight excluding hydrogens is 330 g/mol. The van der Waals surface area contributed by atoms with Gasteiger partial charge in [0.05, 0.1) is 18.8 Å². The van der Waals surface area contributed by atoms with Crippen molar-refractivity contribution in [1.82, 2.24) is 24.2 Å². The number of rotatable bonds is 5. The van der Waals surface area contributed by atoms with E-state index in [1.165, 1.54) is 16.6 Å². The van der Waals surface area contributed by atoms with E-state index >= 15 is 0 Å². The molecule has 8 nitrogen and oxygen atoms in total. The average Bonchev–Trinajstić information content (AvgIpc) is 3.10. The lowest BCUT2D eigenvalue weighted by molar-refractivity contribution is 0.142. The number of aromatic amines is 1. The summed E-state index contributed by atoms with van der Waals surface area (Å²) in [6.45, 7) is 3.76. The summed E-state index contributed by atoms with van der Waals surface area (Å²) < 4.78 is 32.5. The number of nitrogens with zero attached hydrogens (tertiary/aromatic N) is 4. The van der Waals surface area contributed by atoms with Crippen LogP contribution in [0.1, 0.15) is 18.8 Å². The number of pyridine rings is 1. The van der Waals surface area contributed by atoms with E-state index in [0.717, 1.165) is 5.82 Å². The van der Waals surface area contributed by atoms with E-state index in [2.05, 4.69) is 19.9 Å². The van der Waals surface area contributed by atoms with Crippen LogP contribution in [0.15, 0.2) is 35.6 Å². The molecule has 1 aliphatic rings. The molecule has 3 heterocycles. The van der Waals surface area contributed by atoms with Gasteiger partial charge in [-0.1, -0.05) is 0 Å². The number of sulfonamides is 1. The molecule has 0 spiro atoms. The highest BCUT2D eigenvalue weighted by Crippen LogP contribution is 2.26. The summed E-state index contributed by atoms with van der Waals surface area (Å²) in [7, 11) is -1.63. The monoisotopic (exact) mass is 351 g/mol. The Morgan fingerprint density at radius 1 is 1.33 bits per heavy atom. The Morgan fingerprint density at radius 2 is 2.17 bits per heavy atom. The van der Waals surface area contributed by atoms with E-state index in [0.29, 0.717) is 32.1 Å². The Kier molecular flexibility index (Phi) is 4.83. The third-order valence-corrected chi connectivity index (χ3v) is 5.93. The van der Waals surface area contributed by atoms with Crippen LogP contribution < -0.4 is 4.74 Å². The molecule has 2 aromatic heterocycles. The summed E-state index contributed by atoms with van der Waals surface area (Å²) in [6, 6.07) is 3.02. The average molecular weight is 351 g/mol. The molecule has 0 saturated carbocycles. The first kappa shape index (κ1) is 16.9. The van der Waals surface area contributed by atoms with Crippen molar-refractivity contribution >= 4 is 10.0 Å². The maximum absolute atomic E-state index is 12.9. The summed E-state index contributed by atoms with van der Waals surface area (Å²) in [6.07, 6.45) is 4.76. The number of hydrogen-bond acceptors (Lipinski definition) is 6. The van der Waals surface area contributed by atoms with Gasteiger partial charge in [0.15, 0.2) is 0 Å². The summed E-state index contributed by atoms with van der Waals surface area (Å²) >= 11 is 0. The number of aromatic nitrogens is 3. The van der Waals surface area contributed by atoms with Crippen molar-refractivity contribution in [2.24, 2.45) is 0 Å². The topological polar surface area (TPSA) is 91.4 Å². The van der Waals surface area contributed by atoms with Crippen molar-refractivity contribution in [3.63, 3.8) is 0 Å². The quantitative estimate of drug-likeness (QED) is 0.860. The summed E-state index contributed by atoms with van der Waals surface area (Å²) in [5.41, 5.74) is 0. The van der Waals surface area contributed by atoms with E-state index in [-0.39, 0.29) is 10.9 Å². The van der Waals surface area contributed by atoms with Crippen molar-refractivity contribution in [2.75, 3.05) is 33.3 Å². The molecule has 0 aromatic carbocycles. The Morgan fingerprint density at radius 3 is 2.79 bits per heavy atom. The molecule has 0 bridgehead atoms. The third kappa shape index (κ3) is 3.28. The van der Waals surface area contributed by atoms with Crippen LogP contribution in [0, 0.1) is 0 Å². The Labute approximate surface area is 141 Å². The van der Waals surface area contributed by atoms with Gasteiger partial charge >= 0.3 is 0 Å². The van der Waals surface area contributed by atoms with Crippen LogP contribution >= 0.6 is 0 Å². The van der Waals surface area contributed by atoms with Crippen LogP contribution in [0.3, 0.4) is 0 Å². The second kappa shape index (κ2) is 6.88. The number of hydrogen-bond donors (Lipinski definition) is 1. The second-order valence-electron chi connectivity index (χ2n) is 5.60. The fraction of sp³-hybridized carbons (Fsp3) is 0.467. The summed E-state index contributed by atoms with van der Waals surface area (Å²) in [5.74, 6) is 1.19. The van der Waals surface area contributed by atoms with Crippen molar-refractivity contribution < 1.29 is 13.2 Å². The van der Waals surface area contributed by atoms with Crippen LogP contribution in [0.2, 0.25) is 0 Å². The molecule has 1 saturated heterocycles. The number of imidazole rings is 1. The first-order chi connectivity index (χ1) is 11.5. The first-order valence-electron chi connectivity index (χ1n) is 7.81. The molecule has 1 atom stereocenters. The Hall–Kier alpha value is -1.97. The van der Waals surface area contributed by atoms with Gasteiger partial charge in [0.25, 0.3) is 0 Å². The van der Waals surface area contributed by atoms with Gasteiger partial charge in [-0.25, -0.2) is 18.4 Å². The van der Waals surface area contributed by atoms with Gasteiger partial charge in [0, 0.05) is 38.1 Å². The Balaban J connectivity index is 1.81. The van der Waals surface area contributed by atoms with Gasteiger partial charge in [-0.3, -0.25) is 4.90 Å². The lowest BCUT2D eigenvalue weighted by Gasteiger charge is -2.37. The van der Waals surface area contributed by atoms with E-state index in [1.807, 2.05) is 14.0 Å². The molecular formula is C15H21N5O3S. The van der Waals surface area contributed by atoms with Crippen molar-refractivity contribution in [2.45, 2.75) is 17.9 Å². The van der Waals surface area contributed by atoms with Crippen molar-refractivity contribution in [1.29, 1.82) is 0 Å². The fourth-order valence-corrected chi connectivity index (χ4v) is 4.11. The van der Waals surface area contributed by atoms with E-state index < -0.39 is 10.0 Å². The number of likely N-dealkylation sites (N-methyl/N-ethyl adjacent to an activating group) is 1. The highest BCUT2D eigenvalue weighted by atomic mass is 32.2. The molecule has 0 unspecified atom stereocenters. The number of nitrogens with one attached hydrogen (secondary N) is 1. The minimum atomic E-state index is -3.59. The lowest BCUT2D eigenvalue weighted by atomic mass is 10.2. The normalized spacial score (nSPS) is 20.2. The number of ether oxygens (including phenoxy) is 1. The van der Waals surface area contributed by atoms with Gasteiger partial charge < -0.3 is 9.72 Å². The van der Waals surface area contributed by atoms with Crippen LogP contribution in [-0.2, 0) is 10.0 Å². The molecule has 9 heteroatoms. The zero-order valence-electron chi connectivity index (χ0n) is 13.7. The molecule has 1 aliphatic heterocycles. The predicted molar refractivity (Wildman–Crippen MR) is 88.1 cm³/mol. The third-order valence-electron chi connectivity index (χ3n) is 4.08. The minimum absolute atomic E-state index is 0.0980. The van der Waals surface area contributed by atoms with Gasteiger partial charge in [-0.05, 0) is 20.0 Å². The predicted octanol–water partition coefficient (Wildman–Crippen LogP) is 0.881. The molecule has 1 fully saturated rings. The molecule has 0 radical (unpaired) electrons.